The van der Waals surface area contributed by atoms with Gasteiger partial charge < -0.3 is 33.8 Å². The van der Waals surface area contributed by atoms with Crippen molar-refractivity contribution in [3.05, 3.63) is 0 Å². The summed E-state index contributed by atoms with van der Waals surface area (Å²) >= 11 is 0. The number of carbonyl (C=O) groups excluding carboxylic acids is 4. The van der Waals surface area contributed by atoms with E-state index in [0.29, 0.717) is 25.7 Å². The molecule has 0 aromatic rings. The number of unbranched alkanes of at least 4 members (excludes halogenated alkanes) is 63. The second-order valence-electron chi connectivity index (χ2n) is 33.2. The molecule has 17 nitrogen and oxygen atoms in total. The lowest BCUT2D eigenvalue weighted by molar-refractivity contribution is -0.161. The summed E-state index contributed by atoms with van der Waals surface area (Å²) in [6.07, 6.45) is 79.3. The maximum atomic E-state index is 13.2. The van der Waals surface area contributed by atoms with Crippen LogP contribution in [-0.4, -0.2) is 96.7 Å². The van der Waals surface area contributed by atoms with Gasteiger partial charge in [-0.1, -0.05) is 446 Å². The Hall–Kier alpha value is -1.94. The quantitative estimate of drug-likeness (QED) is 0.0222. The number of phosphoric ester groups is 2. The van der Waals surface area contributed by atoms with Gasteiger partial charge in [0.15, 0.2) is 12.2 Å². The monoisotopic (exact) mass is 1610 g/mol. The van der Waals surface area contributed by atoms with E-state index in [1.54, 1.807) is 0 Å². The van der Waals surface area contributed by atoms with E-state index in [9.17, 15) is 43.2 Å². The molecule has 0 aromatic heterocycles. The molecule has 0 amide bonds. The Morgan fingerprint density at radius 2 is 0.418 bits per heavy atom. The Balaban J connectivity index is 5.24. The normalized spacial score (nSPS) is 13.7. The third kappa shape index (κ3) is 84.0. The average molecular weight is 1610 g/mol. The number of phosphoric acid groups is 2. The highest BCUT2D eigenvalue weighted by Crippen LogP contribution is 2.45. The number of hydrogen-bond donors (Lipinski definition) is 3. The van der Waals surface area contributed by atoms with E-state index in [-0.39, 0.29) is 25.7 Å². The van der Waals surface area contributed by atoms with Crippen LogP contribution in [0.15, 0.2) is 0 Å². The number of carbonyl (C=O) groups is 4. The number of aliphatic hydroxyl groups excluding tert-OH is 1. The first kappa shape index (κ1) is 108. The smallest absolute Gasteiger partial charge is 0.462 e. The largest absolute Gasteiger partial charge is 0.472 e. The summed E-state index contributed by atoms with van der Waals surface area (Å²) < 4.78 is 69.1. The Morgan fingerprint density at radius 3 is 0.618 bits per heavy atom. The van der Waals surface area contributed by atoms with Crippen molar-refractivity contribution in [1.82, 2.24) is 0 Å². The predicted molar refractivity (Wildman–Crippen MR) is 455 cm³/mol. The first-order valence-electron chi connectivity index (χ1n) is 47.1. The number of ether oxygens (including phenoxy) is 4. The molecule has 0 aliphatic carbocycles. The number of rotatable bonds is 91. The summed E-state index contributed by atoms with van der Waals surface area (Å²) in [6.45, 7) is 7.41. The van der Waals surface area contributed by atoms with Crippen LogP contribution in [0.4, 0.5) is 0 Å². The van der Waals surface area contributed by atoms with Crippen molar-refractivity contribution < 1.29 is 80.2 Å². The minimum Gasteiger partial charge on any atom is -0.462 e. The Kier molecular flexibility index (Phi) is 82.1. The zero-order chi connectivity index (χ0) is 80.4. The molecule has 0 bridgehead atoms. The van der Waals surface area contributed by atoms with E-state index in [1.807, 2.05) is 0 Å². The van der Waals surface area contributed by atoms with Crippen molar-refractivity contribution in [2.75, 3.05) is 39.6 Å². The molecule has 0 radical (unpaired) electrons. The molecule has 3 N–H and O–H groups in total. The summed E-state index contributed by atoms with van der Waals surface area (Å²) in [5, 5.41) is 10.7. The van der Waals surface area contributed by atoms with Gasteiger partial charge in [-0.2, -0.15) is 0 Å². The molecule has 0 aliphatic rings. The van der Waals surface area contributed by atoms with E-state index in [4.69, 9.17) is 37.0 Å². The van der Waals surface area contributed by atoms with Crippen molar-refractivity contribution in [3.63, 3.8) is 0 Å². The standard InChI is InChI=1S/C91H178O17P2/c1-6-9-12-15-18-21-24-27-29-31-33-35-37-39-41-45-50-55-60-65-70-75-89(94)102-81-87(107-90(95)76-71-66-61-56-51-46-42-40-38-36-34-32-30-28-25-22-19-16-13-10-7-2)83-106-110(99,100)104-79-85(92)78-103-109(97,98)105-82-86(80-101-88(93)74-69-64-59-54-49-26-23-20-17-14-11-8-3)108-91(96)77-72-67-62-57-52-47-43-44-48-53-58-63-68-73-84(4)5/h84-87,92H,6-83H2,1-5H3,(H,97,98)(H,99,100)/t85-,86+,87+/m0/s1. The van der Waals surface area contributed by atoms with Crippen LogP contribution in [0.2, 0.25) is 0 Å². The van der Waals surface area contributed by atoms with E-state index >= 15 is 0 Å². The summed E-state index contributed by atoms with van der Waals surface area (Å²) in [7, 11) is -9.93. The molecule has 0 heterocycles. The van der Waals surface area contributed by atoms with Crippen molar-refractivity contribution >= 4 is 39.5 Å². The molecule has 654 valence electrons. The van der Waals surface area contributed by atoms with Crippen LogP contribution in [0.5, 0.6) is 0 Å². The van der Waals surface area contributed by atoms with Crippen LogP contribution < -0.4 is 0 Å². The molecule has 0 spiro atoms. The van der Waals surface area contributed by atoms with Crippen molar-refractivity contribution in [2.45, 2.75) is 515 Å². The van der Waals surface area contributed by atoms with Crippen molar-refractivity contribution in [2.24, 2.45) is 5.92 Å². The van der Waals surface area contributed by atoms with Crippen LogP contribution in [-0.2, 0) is 65.4 Å². The summed E-state index contributed by atoms with van der Waals surface area (Å²) in [5.41, 5.74) is 0. The van der Waals surface area contributed by atoms with E-state index < -0.39 is 97.5 Å². The lowest BCUT2D eigenvalue weighted by atomic mass is 10.0. The lowest BCUT2D eigenvalue weighted by Gasteiger charge is -2.21. The highest BCUT2D eigenvalue weighted by molar-refractivity contribution is 7.47. The van der Waals surface area contributed by atoms with Crippen LogP contribution in [0, 0.1) is 5.92 Å². The molecule has 0 saturated heterocycles. The minimum absolute atomic E-state index is 0.108. The highest BCUT2D eigenvalue weighted by Gasteiger charge is 2.31. The molecule has 0 rings (SSSR count). The zero-order valence-electron chi connectivity index (χ0n) is 72.4. The molecular weight excluding hydrogens is 1430 g/mol. The van der Waals surface area contributed by atoms with Crippen molar-refractivity contribution in [3.8, 4) is 0 Å². The Bertz CT molecular complexity index is 2080. The minimum atomic E-state index is -4.97. The fraction of sp³-hybridized carbons (Fsp3) is 0.956. The van der Waals surface area contributed by atoms with E-state index in [1.165, 1.54) is 321 Å². The van der Waals surface area contributed by atoms with Crippen LogP contribution in [0.25, 0.3) is 0 Å². The molecule has 0 aromatic carbocycles. The van der Waals surface area contributed by atoms with Crippen LogP contribution in [0.1, 0.15) is 497 Å². The second kappa shape index (κ2) is 83.5. The fourth-order valence-corrected chi connectivity index (χ4v) is 15.9. The molecular formula is C91H178O17P2. The van der Waals surface area contributed by atoms with Gasteiger partial charge in [-0.3, -0.25) is 37.3 Å². The van der Waals surface area contributed by atoms with E-state index in [0.717, 1.165) is 95.8 Å². The van der Waals surface area contributed by atoms with Gasteiger partial charge >= 0.3 is 39.5 Å². The summed E-state index contributed by atoms with van der Waals surface area (Å²) in [4.78, 5) is 73.4. The van der Waals surface area contributed by atoms with Gasteiger partial charge in [0.1, 0.15) is 19.3 Å². The highest BCUT2D eigenvalue weighted by atomic mass is 31.2. The van der Waals surface area contributed by atoms with Crippen molar-refractivity contribution in [1.29, 1.82) is 0 Å². The van der Waals surface area contributed by atoms with Crippen LogP contribution >= 0.6 is 15.6 Å². The molecule has 19 heteroatoms. The fourth-order valence-electron chi connectivity index (χ4n) is 14.4. The molecule has 0 fully saturated rings. The van der Waals surface area contributed by atoms with Gasteiger partial charge in [-0.25, -0.2) is 9.13 Å². The Labute approximate surface area is 677 Å². The summed E-state index contributed by atoms with van der Waals surface area (Å²) in [5.74, 6) is -1.31. The van der Waals surface area contributed by atoms with E-state index in [2.05, 4.69) is 34.6 Å². The number of hydrogen-bond acceptors (Lipinski definition) is 15. The van der Waals surface area contributed by atoms with Gasteiger partial charge in [0.25, 0.3) is 0 Å². The first-order chi connectivity index (χ1) is 53.5. The third-order valence-corrected chi connectivity index (χ3v) is 23.4. The first-order valence-corrected chi connectivity index (χ1v) is 50.1. The lowest BCUT2D eigenvalue weighted by Crippen LogP contribution is -2.30. The molecule has 0 aliphatic heterocycles. The van der Waals surface area contributed by atoms with Crippen LogP contribution in [0.3, 0.4) is 0 Å². The maximum Gasteiger partial charge on any atom is 0.472 e. The maximum absolute atomic E-state index is 13.2. The topological polar surface area (TPSA) is 237 Å². The summed E-state index contributed by atoms with van der Waals surface area (Å²) in [6, 6.07) is 0. The van der Waals surface area contributed by atoms with Gasteiger partial charge in [0, 0.05) is 25.7 Å². The SMILES string of the molecule is CCCCCCCCCCCCCCCCCCCCCCCC(=O)OC[C@H](COP(=O)(O)OC[C@@H](O)COP(=O)(O)OC[C@@H](COC(=O)CCCCCCCCCCCCCC)OC(=O)CCCCCCCCCCCCCCCC(C)C)OC(=O)CCCCCCCCCCCCCCCCCCCCCCC. The molecule has 5 atom stereocenters. The second-order valence-corrected chi connectivity index (χ2v) is 36.1. The molecule has 0 saturated carbocycles. The van der Waals surface area contributed by atoms with Gasteiger partial charge in [0.05, 0.1) is 26.4 Å². The predicted octanol–water partition coefficient (Wildman–Crippen LogP) is 28.3. The zero-order valence-corrected chi connectivity index (χ0v) is 74.2. The molecule has 2 unspecified atom stereocenters. The third-order valence-electron chi connectivity index (χ3n) is 21.5. The average Bonchev–Trinajstić information content (AvgIpc) is 0.898. The molecule has 110 heavy (non-hydrogen) atoms. The number of aliphatic hydroxyl groups is 1. The van der Waals surface area contributed by atoms with Gasteiger partial charge in [-0.05, 0) is 31.6 Å². The van der Waals surface area contributed by atoms with Gasteiger partial charge in [-0.15, -0.1) is 0 Å². The van der Waals surface area contributed by atoms with Gasteiger partial charge in [0.2, 0.25) is 0 Å². The number of esters is 4. The Morgan fingerprint density at radius 1 is 0.245 bits per heavy atom.